The van der Waals surface area contributed by atoms with Crippen molar-refractivity contribution >= 4 is 38.9 Å². The van der Waals surface area contributed by atoms with Crippen molar-refractivity contribution in [3.8, 4) is 0 Å². The Labute approximate surface area is 117 Å². The van der Waals surface area contributed by atoms with E-state index in [4.69, 9.17) is 5.11 Å². The van der Waals surface area contributed by atoms with Crippen molar-refractivity contribution < 1.29 is 9.90 Å². The zero-order valence-corrected chi connectivity index (χ0v) is 12.0. The van der Waals surface area contributed by atoms with Gasteiger partial charge in [0.05, 0.1) is 9.47 Å². The molecule has 0 radical (unpaired) electrons. The standard InChI is InChI=1S/C12H11BrN2O2S/c1-15(6-8-5-10(13)18-7-8)9-3-2-4-14-11(9)12(16)17/h2-5,7H,6H2,1H3,(H,16,17). The van der Waals surface area contributed by atoms with E-state index in [1.807, 2.05) is 23.4 Å². The number of carboxylic acids is 1. The van der Waals surface area contributed by atoms with Crippen LogP contribution in [0.5, 0.6) is 0 Å². The number of nitrogens with zero attached hydrogens (tertiary/aromatic N) is 2. The van der Waals surface area contributed by atoms with Crippen molar-refractivity contribution in [1.82, 2.24) is 4.98 Å². The van der Waals surface area contributed by atoms with Gasteiger partial charge in [0.15, 0.2) is 5.69 Å². The third-order valence-electron chi connectivity index (χ3n) is 2.44. The lowest BCUT2D eigenvalue weighted by atomic mass is 10.2. The quantitative estimate of drug-likeness (QED) is 0.937. The molecule has 0 aliphatic heterocycles. The summed E-state index contributed by atoms with van der Waals surface area (Å²) in [7, 11) is 1.86. The lowest BCUT2D eigenvalue weighted by molar-refractivity contribution is 0.0691. The van der Waals surface area contributed by atoms with Gasteiger partial charge in [0.25, 0.3) is 0 Å². The zero-order chi connectivity index (χ0) is 13.1. The molecule has 0 aliphatic rings. The van der Waals surface area contributed by atoms with E-state index in [9.17, 15) is 4.79 Å². The Hall–Kier alpha value is -1.40. The number of rotatable bonds is 4. The second-order valence-electron chi connectivity index (χ2n) is 3.79. The van der Waals surface area contributed by atoms with E-state index in [-0.39, 0.29) is 5.69 Å². The van der Waals surface area contributed by atoms with Gasteiger partial charge in [0.2, 0.25) is 0 Å². The molecule has 0 aromatic carbocycles. The first-order valence-electron chi connectivity index (χ1n) is 5.20. The topological polar surface area (TPSA) is 53.4 Å². The van der Waals surface area contributed by atoms with E-state index in [1.54, 1.807) is 23.5 Å². The summed E-state index contributed by atoms with van der Waals surface area (Å²) in [4.78, 5) is 16.9. The van der Waals surface area contributed by atoms with Gasteiger partial charge in [0, 0.05) is 19.8 Å². The molecule has 18 heavy (non-hydrogen) atoms. The minimum atomic E-state index is -1.01. The summed E-state index contributed by atoms with van der Waals surface area (Å²) >= 11 is 5.02. The first-order valence-corrected chi connectivity index (χ1v) is 6.87. The van der Waals surface area contributed by atoms with E-state index in [0.717, 1.165) is 9.35 Å². The molecular formula is C12H11BrN2O2S. The average Bonchev–Trinajstić information content (AvgIpc) is 2.74. The van der Waals surface area contributed by atoms with Crippen LogP contribution in [0.25, 0.3) is 0 Å². The Kier molecular flexibility index (Phi) is 3.98. The van der Waals surface area contributed by atoms with Crippen LogP contribution in [0.4, 0.5) is 5.69 Å². The minimum Gasteiger partial charge on any atom is -0.476 e. The number of pyridine rings is 1. The Balaban J connectivity index is 2.23. The number of carbonyl (C=O) groups is 1. The van der Waals surface area contributed by atoms with Crippen molar-refractivity contribution in [2.75, 3.05) is 11.9 Å². The van der Waals surface area contributed by atoms with Crippen LogP contribution in [-0.2, 0) is 6.54 Å². The molecule has 0 fully saturated rings. The largest absolute Gasteiger partial charge is 0.476 e. The highest BCUT2D eigenvalue weighted by atomic mass is 79.9. The van der Waals surface area contributed by atoms with Gasteiger partial charge in [-0.3, -0.25) is 0 Å². The Morgan fingerprint density at radius 1 is 1.61 bits per heavy atom. The summed E-state index contributed by atoms with van der Waals surface area (Å²) in [5.74, 6) is -1.01. The second kappa shape index (κ2) is 5.49. The van der Waals surface area contributed by atoms with E-state index in [2.05, 4.69) is 20.9 Å². The molecule has 2 rings (SSSR count). The molecule has 94 valence electrons. The molecule has 2 aromatic rings. The van der Waals surface area contributed by atoms with E-state index >= 15 is 0 Å². The average molecular weight is 327 g/mol. The molecule has 2 aromatic heterocycles. The zero-order valence-electron chi connectivity index (χ0n) is 9.63. The smallest absolute Gasteiger partial charge is 0.356 e. The van der Waals surface area contributed by atoms with Gasteiger partial charge in [0.1, 0.15) is 0 Å². The fourth-order valence-electron chi connectivity index (χ4n) is 1.66. The summed E-state index contributed by atoms with van der Waals surface area (Å²) < 4.78 is 1.07. The number of hydrogen-bond donors (Lipinski definition) is 1. The highest BCUT2D eigenvalue weighted by Crippen LogP contribution is 2.24. The summed E-state index contributed by atoms with van der Waals surface area (Å²) in [5, 5.41) is 11.1. The SMILES string of the molecule is CN(Cc1csc(Br)c1)c1cccnc1C(=O)O. The fraction of sp³-hybridized carbons (Fsp3) is 0.167. The second-order valence-corrected chi connectivity index (χ2v) is 6.08. The first-order chi connectivity index (χ1) is 8.58. The lowest BCUT2D eigenvalue weighted by Gasteiger charge is -2.19. The van der Waals surface area contributed by atoms with Crippen LogP contribution in [0.3, 0.4) is 0 Å². The summed E-state index contributed by atoms with van der Waals surface area (Å²) in [5.41, 5.74) is 1.83. The number of hydrogen-bond acceptors (Lipinski definition) is 4. The van der Waals surface area contributed by atoms with E-state index in [0.29, 0.717) is 12.2 Å². The lowest BCUT2D eigenvalue weighted by Crippen LogP contribution is -2.19. The molecule has 0 saturated heterocycles. The van der Waals surface area contributed by atoms with Crippen LogP contribution in [0.2, 0.25) is 0 Å². The number of thiophene rings is 1. The predicted octanol–water partition coefficient (Wildman–Crippen LogP) is 3.24. The highest BCUT2D eigenvalue weighted by Gasteiger charge is 2.14. The molecule has 6 heteroatoms. The van der Waals surface area contributed by atoms with Gasteiger partial charge < -0.3 is 10.0 Å². The Morgan fingerprint density at radius 2 is 2.39 bits per heavy atom. The highest BCUT2D eigenvalue weighted by molar-refractivity contribution is 9.11. The molecule has 4 nitrogen and oxygen atoms in total. The molecule has 0 unspecified atom stereocenters. The van der Waals surface area contributed by atoms with Crippen LogP contribution >= 0.6 is 27.3 Å². The van der Waals surface area contributed by atoms with Crippen molar-refractivity contribution in [3.63, 3.8) is 0 Å². The van der Waals surface area contributed by atoms with Crippen LogP contribution in [-0.4, -0.2) is 23.1 Å². The number of halogens is 1. The number of aromatic carboxylic acids is 1. The number of carboxylic acid groups (broad SMARTS) is 1. The molecule has 0 aliphatic carbocycles. The van der Waals surface area contributed by atoms with Gasteiger partial charge in [-0.15, -0.1) is 11.3 Å². The molecule has 0 saturated carbocycles. The number of anilines is 1. The normalized spacial score (nSPS) is 10.3. The van der Waals surface area contributed by atoms with Crippen molar-refractivity contribution in [1.29, 1.82) is 0 Å². The Morgan fingerprint density at radius 3 is 3.00 bits per heavy atom. The maximum atomic E-state index is 11.1. The maximum Gasteiger partial charge on any atom is 0.356 e. The van der Waals surface area contributed by atoms with E-state index < -0.39 is 5.97 Å². The third kappa shape index (κ3) is 2.88. The first kappa shape index (κ1) is 13.0. The number of aromatic nitrogens is 1. The van der Waals surface area contributed by atoms with Crippen LogP contribution in [0.15, 0.2) is 33.6 Å². The van der Waals surface area contributed by atoms with Gasteiger partial charge in [-0.2, -0.15) is 0 Å². The molecule has 0 spiro atoms. The monoisotopic (exact) mass is 326 g/mol. The molecular weight excluding hydrogens is 316 g/mol. The molecule has 0 atom stereocenters. The maximum absolute atomic E-state index is 11.1. The van der Waals surface area contributed by atoms with Crippen molar-refractivity contribution in [2.45, 2.75) is 6.54 Å². The summed E-state index contributed by atoms with van der Waals surface area (Å²) in [6.45, 7) is 0.647. The predicted molar refractivity (Wildman–Crippen MR) is 75.3 cm³/mol. The molecule has 1 N–H and O–H groups in total. The van der Waals surface area contributed by atoms with Gasteiger partial charge in [-0.25, -0.2) is 9.78 Å². The molecule has 0 amide bonds. The molecule has 0 bridgehead atoms. The van der Waals surface area contributed by atoms with Gasteiger partial charge >= 0.3 is 5.97 Å². The van der Waals surface area contributed by atoms with Gasteiger partial charge in [-0.1, -0.05) is 0 Å². The Bertz CT molecular complexity index is 571. The molecule has 2 heterocycles. The minimum absolute atomic E-state index is 0.0781. The summed E-state index contributed by atoms with van der Waals surface area (Å²) in [6, 6.07) is 5.53. The van der Waals surface area contributed by atoms with Gasteiger partial charge in [-0.05, 0) is 45.1 Å². The van der Waals surface area contributed by atoms with Crippen LogP contribution < -0.4 is 4.90 Å². The van der Waals surface area contributed by atoms with E-state index in [1.165, 1.54) is 6.20 Å². The van der Waals surface area contributed by atoms with Crippen LogP contribution in [0, 0.1) is 0 Å². The summed E-state index contributed by atoms with van der Waals surface area (Å²) in [6.07, 6.45) is 1.49. The van der Waals surface area contributed by atoms with Crippen molar-refractivity contribution in [2.24, 2.45) is 0 Å². The van der Waals surface area contributed by atoms with Crippen LogP contribution in [0.1, 0.15) is 16.1 Å². The fourth-order valence-corrected chi connectivity index (χ4v) is 2.86. The third-order valence-corrected chi connectivity index (χ3v) is 4.00. The van der Waals surface area contributed by atoms with Crippen molar-refractivity contribution in [3.05, 3.63) is 44.8 Å².